The van der Waals surface area contributed by atoms with Gasteiger partial charge in [0.25, 0.3) is 11.3 Å². The third-order valence-corrected chi connectivity index (χ3v) is 4.68. The van der Waals surface area contributed by atoms with Gasteiger partial charge in [0, 0.05) is 17.1 Å². The van der Waals surface area contributed by atoms with Crippen molar-refractivity contribution in [1.82, 2.24) is 20.0 Å². The summed E-state index contributed by atoms with van der Waals surface area (Å²) in [4.78, 5) is 29.2. The fourth-order valence-corrected chi connectivity index (χ4v) is 3.07. The Morgan fingerprint density at radius 2 is 2.03 bits per heavy atom. The van der Waals surface area contributed by atoms with Gasteiger partial charge < -0.3 is 9.84 Å². The number of amides is 1. The predicted molar refractivity (Wildman–Crippen MR) is 105 cm³/mol. The molecular weight excluding hydrogens is 399 g/mol. The first-order chi connectivity index (χ1) is 14.0. The molecule has 0 atom stereocenters. The molecule has 0 bridgehead atoms. The molecule has 146 valence electrons. The lowest BCUT2D eigenvalue weighted by Gasteiger charge is -2.08. The third-order valence-electron chi connectivity index (χ3n) is 4.31. The Morgan fingerprint density at radius 3 is 2.83 bits per heavy atom. The summed E-state index contributed by atoms with van der Waals surface area (Å²) in [5, 5.41) is 7.17. The first-order valence-electron chi connectivity index (χ1n) is 8.64. The Hall–Kier alpha value is -3.52. The largest absolute Gasteiger partial charge is 0.350 e. The van der Waals surface area contributed by atoms with Crippen LogP contribution in [0, 0.1) is 5.82 Å². The van der Waals surface area contributed by atoms with E-state index in [0.717, 1.165) is 10.1 Å². The van der Waals surface area contributed by atoms with Gasteiger partial charge in [-0.1, -0.05) is 47.1 Å². The minimum absolute atomic E-state index is 0.0157. The zero-order valence-electron chi connectivity index (χ0n) is 14.9. The SMILES string of the molecule is O=C(Cn1cnc2onc(-c3cccc(F)c3)c2c1=O)NCc1ccccc1Cl. The quantitative estimate of drug-likeness (QED) is 0.543. The van der Waals surface area contributed by atoms with Crippen molar-refractivity contribution in [2.45, 2.75) is 13.1 Å². The van der Waals surface area contributed by atoms with Crippen LogP contribution in [0.4, 0.5) is 4.39 Å². The molecular formula is C20H14ClFN4O3. The molecule has 0 fully saturated rings. The normalized spacial score (nSPS) is 11.0. The van der Waals surface area contributed by atoms with Gasteiger partial charge in [-0.25, -0.2) is 9.37 Å². The van der Waals surface area contributed by atoms with Gasteiger partial charge in [0.2, 0.25) is 5.91 Å². The van der Waals surface area contributed by atoms with Crippen LogP contribution in [0.15, 0.2) is 64.2 Å². The minimum Gasteiger partial charge on any atom is -0.350 e. The predicted octanol–water partition coefficient (Wildman–Crippen LogP) is 3.16. The first-order valence-corrected chi connectivity index (χ1v) is 9.01. The van der Waals surface area contributed by atoms with Gasteiger partial charge in [0.05, 0.1) is 0 Å². The molecule has 4 rings (SSSR count). The lowest BCUT2D eigenvalue weighted by Crippen LogP contribution is -2.32. The van der Waals surface area contributed by atoms with Gasteiger partial charge in [-0.15, -0.1) is 0 Å². The number of rotatable bonds is 5. The molecule has 4 aromatic rings. The number of fused-ring (bicyclic) bond motifs is 1. The van der Waals surface area contributed by atoms with Gasteiger partial charge in [0.15, 0.2) is 0 Å². The number of nitrogens with one attached hydrogen (secondary N) is 1. The molecule has 1 amide bonds. The molecule has 29 heavy (non-hydrogen) atoms. The van der Waals surface area contributed by atoms with Crippen LogP contribution < -0.4 is 10.9 Å². The molecule has 0 spiro atoms. The van der Waals surface area contributed by atoms with E-state index in [1.165, 1.54) is 24.5 Å². The Labute approximate surface area is 168 Å². The van der Waals surface area contributed by atoms with Gasteiger partial charge in [0.1, 0.15) is 29.8 Å². The molecule has 0 aliphatic heterocycles. The van der Waals surface area contributed by atoms with E-state index in [0.29, 0.717) is 10.6 Å². The van der Waals surface area contributed by atoms with Gasteiger partial charge in [-0.2, -0.15) is 0 Å². The van der Waals surface area contributed by atoms with Crippen LogP contribution in [0.3, 0.4) is 0 Å². The molecule has 0 saturated heterocycles. The highest BCUT2D eigenvalue weighted by Crippen LogP contribution is 2.24. The molecule has 0 saturated carbocycles. The van der Waals surface area contributed by atoms with Crippen molar-refractivity contribution in [3.63, 3.8) is 0 Å². The van der Waals surface area contributed by atoms with Crippen LogP contribution in [0.25, 0.3) is 22.4 Å². The summed E-state index contributed by atoms with van der Waals surface area (Å²) in [7, 11) is 0. The summed E-state index contributed by atoms with van der Waals surface area (Å²) in [6.45, 7) is -0.0231. The smallest absolute Gasteiger partial charge is 0.267 e. The highest BCUT2D eigenvalue weighted by atomic mass is 35.5. The zero-order valence-corrected chi connectivity index (χ0v) is 15.7. The maximum absolute atomic E-state index is 13.5. The molecule has 2 heterocycles. The summed E-state index contributed by atoms with van der Waals surface area (Å²) in [5.41, 5.74) is 0.813. The van der Waals surface area contributed by atoms with Crippen LogP contribution in [-0.4, -0.2) is 20.6 Å². The van der Waals surface area contributed by atoms with Crippen molar-refractivity contribution in [1.29, 1.82) is 0 Å². The van der Waals surface area contributed by atoms with E-state index < -0.39 is 17.3 Å². The standard InChI is InChI=1S/C20H14ClFN4O3/c21-15-7-2-1-4-13(15)9-23-16(27)10-26-11-24-19-17(20(26)28)18(25-29-19)12-5-3-6-14(22)8-12/h1-8,11H,9-10H2,(H,23,27). The van der Waals surface area contributed by atoms with Gasteiger partial charge >= 0.3 is 0 Å². The summed E-state index contributed by atoms with van der Waals surface area (Å²) in [6.07, 6.45) is 1.21. The molecule has 0 radical (unpaired) electrons. The second-order valence-electron chi connectivity index (χ2n) is 6.27. The summed E-state index contributed by atoms with van der Waals surface area (Å²) < 4.78 is 19.8. The number of aromatic nitrogens is 3. The van der Waals surface area contributed by atoms with Crippen LogP contribution in [-0.2, 0) is 17.9 Å². The average molecular weight is 413 g/mol. The van der Waals surface area contributed by atoms with Crippen molar-refractivity contribution in [2.24, 2.45) is 0 Å². The van der Waals surface area contributed by atoms with Crippen molar-refractivity contribution in [3.8, 4) is 11.3 Å². The topological polar surface area (TPSA) is 90.0 Å². The molecule has 7 nitrogen and oxygen atoms in total. The number of benzene rings is 2. The lowest BCUT2D eigenvalue weighted by atomic mass is 10.1. The molecule has 0 aliphatic carbocycles. The van der Waals surface area contributed by atoms with Gasteiger partial charge in [-0.3, -0.25) is 14.2 Å². The first kappa shape index (κ1) is 18.8. The molecule has 2 aromatic carbocycles. The van der Waals surface area contributed by atoms with Crippen LogP contribution >= 0.6 is 11.6 Å². The number of carbonyl (C=O) groups excluding carboxylic acids is 1. The van der Waals surface area contributed by atoms with E-state index in [1.807, 2.05) is 6.07 Å². The van der Waals surface area contributed by atoms with E-state index in [-0.39, 0.29) is 29.9 Å². The summed E-state index contributed by atoms with van der Waals surface area (Å²) in [5.74, 6) is -0.862. The van der Waals surface area contributed by atoms with Crippen LogP contribution in [0.1, 0.15) is 5.56 Å². The van der Waals surface area contributed by atoms with Gasteiger partial charge in [-0.05, 0) is 23.8 Å². The Kier molecular flexibility index (Phi) is 5.09. The monoisotopic (exact) mass is 412 g/mol. The summed E-state index contributed by atoms with van der Waals surface area (Å²) >= 11 is 6.07. The summed E-state index contributed by atoms with van der Waals surface area (Å²) in [6, 6.07) is 12.8. The molecule has 2 aromatic heterocycles. The number of nitrogens with zero attached hydrogens (tertiary/aromatic N) is 3. The van der Waals surface area contributed by atoms with E-state index >= 15 is 0 Å². The Balaban J connectivity index is 1.59. The van der Waals surface area contributed by atoms with Crippen molar-refractivity contribution >= 4 is 28.6 Å². The fourth-order valence-electron chi connectivity index (χ4n) is 2.87. The van der Waals surface area contributed by atoms with Crippen molar-refractivity contribution in [3.05, 3.63) is 81.6 Å². The van der Waals surface area contributed by atoms with E-state index in [9.17, 15) is 14.0 Å². The lowest BCUT2D eigenvalue weighted by molar-refractivity contribution is -0.121. The second kappa shape index (κ2) is 7.84. The molecule has 1 N–H and O–H groups in total. The van der Waals surface area contributed by atoms with E-state index in [4.69, 9.17) is 16.1 Å². The zero-order chi connectivity index (χ0) is 20.4. The highest BCUT2D eigenvalue weighted by molar-refractivity contribution is 6.31. The Bertz CT molecular complexity index is 1270. The van der Waals surface area contributed by atoms with Crippen molar-refractivity contribution < 1.29 is 13.7 Å². The fraction of sp³-hybridized carbons (Fsp3) is 0.100. The van der Waals surface area contributed by atoms with Crippen molar-refractivity contribution in [2.75, 3.05) is 0 Å². The average Bonchev–Trinajstić information content (AvgIpc) is 3.14. The third kappa shape index (κ3) is 3.88. The van der Waals surface area contributed by atoms with Crippen LogP contribution in [0.5, 0.6) is 0 Å². The maximum atomic E-state index is 13.5. The van der Waals surface area contributed by atoms with E-state index in [1.54, 1.807) is 24.3 Å². The maximum Gasteiger partial charge on any atom is 0.267 e. The Morgan fingerprint density at radius 1 is 1.21 bits per heavy atom. The number of hydrogen-bond acceptors (Lipinski definition) is 5. The highest BCUT2D eigenvalue weighted by Gasteiger charge is 2.18. The van der Waals surface area contributed by atoms with E-state index in [2.05, 4.69) is 15.5 Å². The number of carbonyl (C=O) groups is 1. The second-order valence-corrected chi connectivity index (χ2v) is 6.67. The number of halogens is 2. The molecule has 0 unspecified atom stereocenters. The number of hydrogen-bond donors (Lipinski definition) is 1. The molecule has 9 heteroatoms. The van der Waals surface area contributed by atoms with Crippen LogP contribution in [0.2, 0.25) is 5.02 Å². The molecule has 0 aliphatic rings. The minimum atomic E-state index is -0.511.